The van der Waals surface area contributed by atoms with Crippen LogP contribution in [0.2, 0.25) is 0 Å². The molecule has 31 heavy (non-hydrogen) atoms. The average Bonchev–Trinajstić information content (AvgIpc) is 3.32. The minimum absolute atomic E-state index is 0.0784. The van der Waals surface area contributed by atoms with E-state index in [1.54, 1.807) is 18.2 Å². The Balaban J connectivity index is 1.26. The van der Waals surface area contributed by atoms with Crippen LogP contribution in [0.3, 0.4) is 0 Å². The van der Waals surface area contributed by atoms with Crippen LogP contribution in [0.4, 0.5) is 5.69 Å². The van der Waals surface area contributed by atoms with Crippen molar-refractivity contribution in [1.29, 1.82) is 0 Å². The average molecular weight is 421 g/mol. The van der Waals surface area contributed by atoms with Crippen molar-refractivity contribution in [2.45, 2.75) is 6.61 Å². The molecule has 2 heterocycles. The van der Waals surface area contributed by atoms with Crippen molar-refractivity contribution in [2.75, 3.05) is 31.2 Å². The first kappa shape index (κ1) is 20.5. The van der Waals surface area contributed by atoms with E-state index in [0.717, 1.165) is 18.8 Å². The number of benzene rings is 2. The van der Waals surface area contributed by atoms with E-state index in [1.807, 2.05) is 42.5 Å². The fraction of sp³-hybridized carbons (Fsp3) is 0.217. The zero-order valence-electron chi connectivity index (χ0n) is 16.9. The third-order valence-electron chi connectivity index (χ3n) is 4.81. The van der Waals surface area contributed by atoms with E-state index in [0.29, 0.717) is 30.3 Å². The molecule has 0 atom stereocenters. The lowest BCUT2D eigenvalue weighted by Crippen LogP contribution is -2.41. The van der Waals surface area contributed by atoms with Gasteiger partial charge in [0.15, 0.2) is 5.76 Å². The predicted molar refractivity (Wildman–Crippen MR) is 114 cm³/mol. The van der Waals surface area contributed by atoms with Gasteiger partial charge in [-0.2, -0.15) is 0 Å². The van der Waals surface area contributed by atoms with E-state index in [-0.39, 0.29) is 12.4 Å². The van der Waals surface area contributed by atoms with Crippen molar-refractivity contribution in [3.05, 3.63) is 83.8 Å². The number of nitrogens with one attached hydrogen (secondary N) is 2. The van der Waals surface area contributed by atoms with Gasteiger partial charge >= 0.3 is 5.91 Å². The Hall–Kier alpha value is -3.78. The van der Waals surface area contributed by atoms with Crippen LogP contribution >= 0.6 is 0 Å². The summed E-state index contributed by atoms with van der Waals surface area (Å²) in [4.78, 5) is 26.8. The number of hydrogen-bond acceptors (Lipinski definition) is 6. The van der Waals surface area contributed by atoms with Gasteiger partial charge < -0.3 is 18.8 Å². The van der Waals surface area contributed by atoms with Gasteiger partial charge in [-0.05, 0) is 48.5 Å². The summed E-state index contributed by atoms with van der Waals surface area (Å²) in [5, 5.41) is 0. The molecule has 4 rings (SSSR count). The Morgan fingerprint density at radius 1 is 0.871 bits per heavy atom. The van der Waals surface area contributed by atoms with Gasteiger partial charge in [0.1, 0.15) is 18.1 Å². The van der Waals surface area contributed by atoms with Crippen molar-refractivity contribution < 1.29 is 23.5 Å². The highest BCUT2D eigenvalue weighted by Crippen LogP contribution is 2.17. The summed E-state index contributed by atoms with van der Waals surface area (Å²) in [5.74, 6) is 0.316. The molecule has 2 aromatic carbocycles. The van der Waals surface area contributed by atoms with Gasteiger partial charge in [0.05, 0.1) is 13.2 Å². The van der Waals surface area contributed by atoms with Gasteiger partial charge in [0.2, 0.25) is 0 Å². The van der Waals surface area contributed by atoms with Crippen LogP contribution in [-0.2, 0) is 11.3 Å². The Morgan fingerprint density at radius 3 is 2.32 bits per heavy atom. The largest absolute Gasteiger partial charge is 0.486 e. The molecule has 1 aliphatic rings. The molecular formula is C23H23N3O5. The summed E-state index contributed by atoms with van der Waals surface area (Å²) < 4.78 is 16.4. The van der Waals surface area contributed by atoms with E-state index < -0.39 is 11.8 Å². The molecule has 2 amide bonds. The zero-order valence-corrected chi connectivity index (χ0v) is 16.9. The molecule has 0 spiro atoms. The molecule has 8 nitrogen and oxygen atoms in total. The summed E-state index contributed by atoms with van der Waals surface area (Å²) in [6.07, 6.45) is 0. The number of para-hydroxylation sites is 1. The van der Waals surface area contributed by atoms with Crippen molar-refractivity contribution in [3.63, 3.8) is 0 Å². The molecule has 8 heteroatoms. The number of nitrogens with zero attached hydrogens (tertiary/aromatic N) is 1. The number of rotatable bonds is 6. The smallest absolute Gasteiger partial charge is 0.305 e. The minimum atomic E-state index is -0.552. The van der Waals surface area contributed by atoms with Crippen LogP contribution in [0.5, 0.6) is 5.75 Å². The summed E-state index contributed by atoms with van der Waals surface area (Å²) in [6, 6.07) is 19.7. The molecule has 1 saturated heterocycles. The lowest BCUT2D eigenvalue weighted by molar-refractivity contribution is 0.0828. The number of hydrazine groups is 1. The number of carbonyl (C=O) groups excluding carboxylic acids is 2. The van der Waals surface area contributed by atoms with Crippen LogP contribution in [0.1, 0.15) is 26.7 Å². The molecule has 0 bridgehead atoms. The standard InChI is InChI=1S/C23H23N3O5/c27-22(17-6-8-18(9-7-17)26-12-14-29-15-13-26)24-25-23(28)21-11-10-20(31-21)16-30-19-4-2-1-3-5-19/h1-11H,12-16H2,(H,24,27)(H,25,28). The van der Waals surface area contributed by atoms with Gasteiger partial charge in [0.25, 0.3) is 5.91 Å². The highest BCUT2D eigenvalue weighted by Gasteiger charge is 2.15. The van der Waals surface area contributed by atoms with Gasteiger partial charge in [-0.3, -0.25) is 20.4 Å². The van der Waals surface area contributed by atoms with Crippen molar-refractivity contribution in [1.82, 2.24) is 10.9 Å². The van der Waals surface area contributed by atoms with Gasteiger partial charge in [-0.1, -0.05) is 18.2 Å². The summed E-state index contributed by atoms with van der Waals surface area (Å²) in [5.41, 5.74) is 6.23. The molecule has 1 aliphatic heterocycles. The highest BCUT2D eigenvalue weighted by atomic mass is 16.5. The third kappa shape index (κ3) is 5.43. The van der Waals surface area contributed by atoms with Gasteiger partial charge in [0, 0.05) is 24.3 Å². The lowest BCUT2D eigenvalue weighted by Gasteiger charge is -2.28. The van der Waals surface area contributed by atoms with E-state index in [1.165, 1.54) is 6.07 Å². The predicted octanol–water partition coefficient (Wildman–Crippen LogP) is 2.77. The van der Waals surface area contributed by atoms with Gasteiger partial charge in [-0.25, -0.2) is 0 Å². The number of amides is 2. The summed E-state index contributed by atoms with van der Waals surface area (Å²) in [6.45, 7) is 3.23. The minimum Gasteiger partial charge on any atom is -0.486 e. The molecule has 0 saturated carbocycles. The van der Waals surface area contributed by atoms with E-state index in [4.69, 9.17) is 13.9 Å². The second-order valence-corrected chi connectivity index (χ2v) is 6.92. The maximum absolute atomic E-state index is 12.3. The first-order valence-electron chi connectivity index (χ1n) is 9.99. The summed E-state index contributed by atoms with van der Waals surface area (Å²) >= 11 is 0. The number of ether oxygens (including phenoxy) is 2. The number of anilines is 1. The Labute approximate surface area is 179 Å². The highest BCUT2D eigenvalue weighted by molar-refractivity contribution is 5.98. The molecule has 2 N–H and O–H groups in total. The summed E-state index contributed by atoms with van der Waals surface area (Å²) in [7, 11) is 0. The molecule has 0 unspecified atom stereocenters. The normalized spacial score (nSPS) is 13.5. The molecule has 0 aliphatic carbocycles. The Kier molecular flexibility index (Phi) is 6.49. The number of hydrogen-bond donors (Lipinski definition) is 2. The molecule has 1 aromatic heterocycles. The SMILES string of the molecule is O=C(NNC(=O)c1ccc(COc2ccccc2)o1)c1ccc(N2CCOCC2)cc1. The van der Waals surface area contributed by atoms with E-state index >= 15 is 0 Å². The Bertz CT molecular complexity index is 1010. The van der Waals surface area contributed by atoms with Crippen molar-refractivity contribution in [2.24, 2.45) is 0 Å². The number of furan rings is 1. The Morgan fingerprint density at radius 2 is 1.58 bits per heavy atom. The second-order valence-electron chi connectivity index (χ2n) is 6.92. The fourth-order valence-corrected chi connectivity index (χ4v) is 3.14. The zero-order chi connectivity index (χ0) is 21.5. The van der Waals surface area contributed by atoms with Crippen molar-refractivity contribution >= 4 is 17.5 Å². The van der Waals surface area contributed by atoms with Gasteiger partial charge in [-0.15, -0.1) is 0 Å². The monoisotopic (exact) mass is 421 g/mol. The molecule has 1 fully saturated rings. The van der Waals surface area contributed by atoms with Crippen LogP contribution in [-0.4, -0.2) is 38.1 Å². The van der Waals surface area contributed by atoms with Crippen LogP contribution < -0.4 is 20.5 Å². The topological polar surface area (TPSA) is 93.0 Å². The van der Waals surface area contributed by atoms with Crippen LogP contribution in [0, 0.1) is 0 Å². The molecule has 160 valence electrons. The number of carbonyl (C=O) groups is 2. The molecule has 0 radical (unpaired) electrons. The maximum atomic E-state index is 12.3. The fourth-order valence-electron chi connectivity index (χ4n) is 3.14. The van der Waals surface area contributed by atoms with Crippen LogP contribution in [0.25, 0.3) is 0 Å². The first-order chi connectivity index (χ1) is 15.2. The van der Waals surface area contributed by atoms with E-state index in [9.17, 15) is 9.59 Å². The number of morpholine rings is 1. The molecular weight excluding hydrogens is 398 g/mol. The quantitative estimate of drug-likeness (QED) is 0.595. The lowest BCUT2D eigenvalue weighted by atomic mass is 10.2. The van der Waals surface area contributed by atoms with Crippen molar-refractivity contribution in [3.8, 4) is 5.75 Å². The third-order valence-corrected chi connectivity index (χ3v) is 4.81. The molecule has 3 aromatic rings. The first-order valence-corrected chi connectivity index (χ1v) is 9.99. The second kappa shape index (κ2) is 9.82. The maximum Gasteiger partial charge on any atom is 0.305 e. The van der Waals surface area contributed by atoms with E-state index in [2.05, 4.69) is 15.8 Å². The van der Waals surface area contributed by atoms with Crippen LogP contribution in [0.15, 0.2) is 71.1 Å².